The molecule has 0 radical (unpaired) electrons. The molecule has 0 nitrogen and oxygen atoms in total. The van der Waals surface area contributed by atoms with Crippen LogP contribution in [0.2, 0.25) is 0 Å². The van der Waals surface area contributed by atoms with Gasteiger partial charge in [0, 0.05) is 0 Å². The summed E-state index contributed by atoms with van der Waals surface area (Å²) in [6, 6.07) is 0. The molecular weight excluding hydrogens is 192 g/mol. The van der Waals surface area contributed by atoms with Crippen molar-refractivity contribution in [2.45, 2.75) is 75.2 Å². The molecule has 0 aromatic rings. The molecule has 0 heteroatoms. The normalized spacial score (nSPS) is 19.3. The molecule has 0 aromatic heterocycles. The molecule has 0 amide bonds. The summed E-state index contributed by atoms with van der Waals surface area (Å²) in [7, 11) is 0. The lowest BCUT2D eigenvalue weighted by molar-refractivity contribution is 0.0700. The van der Waals surface area contributed by atoms with Gasteiger partial charge in [-0.1, -0.05) is 68.7 Å². The van der Waals surface area contributed by atoms with Crippen LogP contribution in [0.3, 0.4) is 0 Å². The fourth-order valence-electron chi connectivity index (χ4n) is 2.81. The van der Waals surface area contributed by atoms with Crippen LogP contribution in [0, 0.1) is 28.6 Å². The molecule has 3 atom stereocenters. The third-order valence-corrected chi connectivity index (χ3v) is 5.07. The van der Waals surface area contributed by atoms with Crippen LogP contribution in [0.4, 0.5) is 0 Å². The van der Waals surface area contributed by atoms with E-state index in [2.05, 4.69) is 62.3 Å². The SMILES string of the molecule is CCCC(C)(C)C(C)C(C)C(C)C(C)(C)C. The van der Waals surface area contributed by atoms with E-state index in [4.69, 9.17) is 0 Å². The fraction of sp³-hybridized carbons (Fsp3) is 1.00. The van der Waals surface area contributed by atoms with Crippen LogP contribution in [0.5, 0.6) is 0 Å². The van der Waals surface area contributed by atoms with Crippen molar-refractivity contribution in [3.63, 3.8) is 0 Å². The molecule has 0 N–H and O–H groups in total. The first-order valence-electron chi connectivity index (χ1n) is 7.04. The first-order chi connectivity index (χ1) is 7.04. The molecule has 98 valence electrons. The van der Waals surface area contributed by atoms with E-state index in [0.29, 0.717) is 10.8 Å². The molecule has 0 aliphatic heterocycles. The van der Waals surface area contributed by atoms with Crippen LogP contribution < -0.4 is 0 Å². The van der Waals surface area contributed by atoms with Crippen molar-refractivity contribution in [2.75, 3.05) is 0 Å². The molecule has 0 aliphatic carbocycles. The summed E-state index contributed by atoms with van der Waals surface area (Å²) in [6.07, 6.45) is 2.64. The number of hydrogen-bond donors (Lipinski definition) is 0. The van der Waals surface area contributed by atoms with Gasteiger partial charge in [0.15, 0.2) is 0 Å². The average Bonchev–Trinajstić information content (AvgIpc) is 2.12. The Labute approximate surface area is 104 Å². The lowest BCUT2D eigenvalue weighted by atomic mass is 9.63. The smallest absolute Gasteiger partial charge is 0.0326 e. The van der Waals surface area contributed by atoms with Crippen LogP contribution in [-0.2, 0) is 0 Å². The van der Waals surface area contributed by atoms with E-state index in [1.54, 1.807) is 0 Å². The molecule has 0 bridgehead atoms. The Kier molecular flexibility index (Phi) is 5.56. The summed E-state index contributed by atoms with van der Waals surface area (Å²) >= 11 is 0. The van der Waals surface area contributed by atoms with E-state index >= 15 is 0 Å². The summed E-state index contributed by atoms with van der Waals surface area (Å²) < 4.78 is 0. The molecule has 0 rings (SSSR count). The minimum atomic E-state index is 0.427. The Balaban J connectivity index is 4.66. The molecule has 0 saturated heterocycles. The van der Waals surface area contributed by atoms with Crippen molar-refractivity contribution in [1.82, 2.24) is 0 Å². The van der Waals surface area contributed by atoms with Gasteiger partial charge in [-0.15, -0.1) is 0 Å². The van der Waals surface area contributed by atoms with Crippen molar-refractivity contribution in [3.05, 3.63) is 0 Å². The summed E-state index contributed by atoms with van der Waals surface area (Å²) in [6.45, 7) is 21.6. The van der Waals surface area contributed by atoms with Gasteiger partial charge in [0.1, 0.15) is 0 Å². The average molecular weight is 226 g/mol. The molecule has 16 heavy (non-hydrogen) atoms. The highest BCUT2D eigenvalue weighted by atomic mass is 14.4. The van der Waals surface area contributed by atoms with Crippen molar-refractivity contribution in [3.8, 4) is 0 Å². The van der Waals surface area contributed by atoms with E-state index in [-0.39, 0.29) is 0 Å². The summed E-state index contributed by atoms with van der Waals surface area (Å²) in [5.74, 6) is 2.36. The van der Waals surface area contributed by atoms with Gasteiger partial charge in [0.25, 0.3) is 0 Å². The second kappa shape index (κ2) is 5.56. The summed E-state index contributed by atoms with van der Waals surface area (Å²) in [5.41, 5.74) is 0.906. The van der Waals surface area contributed by atoms with Gasteiger partial charge < -0.3 is 0 Å². The van der Waals surface area contributed by atoms with Crippen molar-refractivity contribution < 1.29 is 0 Å². The fourth-order valence-corrected chi connectivity index (χ4v) is 2.81. The van der Waals surface area contributed by atoms with E-state index in [0.717, 1.165) is 17.8 Å². The second-order valence-corrected chi connectivity index (χ2v) is 7.54. The zero-order valence-electron chi connectivity index (χ0n) is 13.1. The maximum atomic E-state index is 2.45. The molecule has 3 unspecified atom stereocenters. The molecule has 0 aromatic carbocycles. The van der Waals surface area contributed by atoms with Gasteiger partial charge in [0.2, 0.25) is 0 Å². The molecule has 0 spiro atoms. The quantitative estimate of drug-likeness (QED) is 0.558. The highest BCUT2D eigenvalue weighted by Crippen LogP contribution is 2.43. The van der Waals surface area contributed by atoms with Crippen LogP contribution >= 0.6 is 0 Å². The van der Waals surface area contributed by atoms with E-state index in [9.17, 15) is 0 Å². The van der Waals surface area contributed by atoms with Crippen molar-refractivity contribution >= 4 is 0 Å². The Hall–Kier alpha value is 0. The predicted octanol–water partition coefficient (Wildman–Crippen LogP) is 5.77. The maximum Gasteiger partial charge on any atom is -0.0326 e. The third-order valence-electron chi connectivity index (χ3n) is 5.07. The maximum absolute atomic E-state index is 2.45. The summed E-state index contributed by atoms with van der Waals surface area (Å²) in [5, 5.41) is 0. The topological polar surface area (TPSA) is 0 Å². The standard InChI is InChI=1S/C16H34/c1-10-11-16(8,9)14(4)12(2)13(3)15(5,6)7/h12-14H,10-11H2,1-9H3. The predicted molar refractivity (Wildman–Crippen MR) is 75.6 cm³/mol. The molecular formula is C16H34. The first-order valence-corrected chi connectivity index (χ1v) is 7.04. The summed E-state index contributed by atoms with van der Waals surface area (Å²) in [4.78, 5) is 0. The van der Waals surface area contributed by atoms with E-state index < -0.39 is 0 Å². The van der Waals surface area contributed by atoms with Crippen molar-refractivity contribution in [1.29, 1.82) is 0 Å². The molecule has 0 saturated carbocycles. The van der Waals surface area contributed by atoms with Gasteiger partial charge in [-0.3, -0.25) is 0 Å². The molecule has 0 fully saturated rings. The Morgan fingerprint density at radius 3 is 1.56 bits per heavy atom. The Bertz CT molecular complexity index is 195. The van der Waals surface area contributed by atoms with Crippen LogP contribution in [0.25, 0.3) is 0 Å². The van der Waals surface area contributed by atoms with Gasteiger partial charge in [-0.05, 0) is 35.0 Å². The van der Waals surface area contributed by atoms with Gasteiger partial charge in [-0.25, -0.2) is 0 Å². The number of rotatable bonds is 5. The lowest BCUT2D eigenvalue weighted by Gasteiger charge is -2.42. The molecule has 0 heterocycles. The lowest BCUT2D eigenvalue weighted by Crippen LogP contribution is -2.35. The highest BCUT2D eigenvalue weighted by Gasteiger charge is 2.35. The Morgan fingerprint density at radius 1 is 0.812 bits per heavy atom. The molecule has 0 aliphatic rings. The Morgan fingerprint density at radius 2 is 1.25 bits per heavy atom. The van der Waals surface area contributed by atoms with E-state index in [1.165, 1.54) is 12.8 Å². The minimum absolute atomic E-state index is 0.427. The van der Waals surface area contributed by atoms with Crippen molar-refractivity contribution in [2.24, 2.45) is 28.6 Å². The highest BCUT2D eigenvalue weighted by molar-refractivity contribution is 4.84. The van der Waals surface area contributed by atoms with Gasteiger partial charge >= 0.3 is 0 Å². The van der Waals surface area contributed by atoms with E-state index in [1.807, 2.05) is 0 Å². The monoisotopic (exact) mass is 226 g/mol. The van der Waals surface area contributed by atoms with Crippen LogP contribution in [0.1, 0.15) is 75.2 Å². The van der Waals surface area contributed by atoms with Crippen LogP contribution in [-0.4, -0.2) is 0 Å². The largest absolute Gasteiger partial charge is 0.0654 e. The second-order valence-electron chi connectivity index (χ2n) is 7.54. The first kappa shape index (κ1) is 16.0. The third kappa shape index (κ3) is 4.11. The zero-order valence-corrected chi connectivity index (χ0v) is 13.1. The zero-order chi connectivity index (χ0) is 13.1. The van der Waals surface area contributed by atoms with Gasteiger partial charge in [-0.2, -0.15) is 0 Å². The van der Waals surface area contributed by atoms with Gasteiger partial charge in [0.05, 0.1) is 0 Å². The minimum Gasteiger partial charge on any atom is -0.0654 e. The van der Waals surface area contributed by atoms with Crippen LogP contribution in [0.15, 0.2) is 0 Å². The number of hydrogen-bond acceptors (Lipinski definition) is 0.